The molecule has 0 unspecified atom stereocenters. The van der Waals surface area contributed by atoms with Gasteiger partial charge in [-0.2, -0.15) is 0 Å². The molecule has 0 aliphatic heterocycles. The minimum absolute atomic E-state index is 0.0295. The summed E-state index contributed by atoms with van der Waals surface area (Å²) in [6.07, 6.45) is 1.16. The van der Waals surface area contributed by atoms with E-state index in [1.807, 2.05) is 0 Å². The highest BCUT2D eigenvalue weighted by Crippen LogP contribution is 2.23. The van der Waals surface area contributed by atoms with E-state index < -0.39 is 11.9 Å². The molecule has 0 saturated carbocycles. The van der Waals surface area contributed by atoms with Gasteiger partial charge in [0.2, 0.25) is 0 Å². The number of hydrogen-bond acceptors (Lipinski definition) is 7. The Kier molecular flexibility index (Phi) is 6.33. The number of anilines is 2. The summed E-state index contributed by atoms with van der Waals surface area (Å²) in [5, 5.41) is 0. The molecule has 20 heavy (non-hydrogen) atoms. The number of nitrogens with zero attached hydrogens (tertiary/aromatic N) is 1. The Hall–Kier alpha value is -1.73. The first-order valence-electron chi connectivity index (χ1n) is 5.53. The SMILES string of the molecule is Nc1cnc(N)c(C(=O)OCCCl)c1C(=O)OCCCl. The molecule has 0 aliphatic carbocycles. The molecule has 9 heteroatoms. The van der Waals surface area contributed by atoms with Crippen molar-refractivity contribution in [2.45, 2.75) is 0 Å². The third-order valence-electron chi connectivity index (χ3n) is 2.17. The molecule has 1 aromatic rings. The van der Waals surface area contributed by atoms with Crippen molar-refractivity contribution in [3.8, 4) is 0 Å². The summed E-state index contributed by atoms with van der Waals surface area (Å²) in [4.78, 5) is 27.5. The highest BCUT2D eigenvalue weighted by Gasteiger charge is 2.26. The lowest BCUT2D eigenvalue weighted by atomic mass is 10.1. The lowest BCUT2D eigenvalue weighted by Crippen LogP contribution is -2.20. The molecule has 0 fully saturated rings. The minimum Gasteiger partial charge on any atom is -0.461 e. The first-order chi connectivity index (χ1) is 9.52. The molecule has 110 valence electrons. The number of nitrogens with two attached hydrogens (primary N) is 2. The molecule has 0 aromatic carbocycles. The van der Waals surface area contributed by atoms with Crippen LogP contribution in [0.25, 0.3) is 0 Å². The molecule has 1 heterocycles. The van der Waals surface area contributed by atoms with E-state index in [1.54, 1.807) is 0 Å². The molecule has 1 rings (SSSR count). The maximum Gasteiger partial charge on any atom is 0.342 e. The quantitative estimate of drug-likeness (QED) is 0.593. The van der Waals surface area contributed by atoms with Crippen molar-refractivity contribution in [1.82, 2.24) is 4.98 Å². The van der Waals surface area contributed by atoms with Crippen molar-refractivity contribution in [1.29, 1.82) is 0 Å². The molecule has 0 amide bonds. The van der Waals surface area contributed by atoms with Crippen LogP contribution in [0.3, 0.4) is 0 Å². The average molecular weight is 322 g/mol. The lowest BCUT2D eigenvalue weighted by molar-refractivity contribution is 0.0483. The predicted octanol–water partition coefficient (Wildman–Crippen LogP) is 1.04. The van der Waals surface area contributed by atoms with E-state index in [0.29, 0.717) is 0 Å². The molecule has 1 aromatic heterocycles. The lowest BCUT2D eigenvalue weighted by Gasteiger charge is -2.12. The van der Waals surface area contributed by atoms with Crippen molar-refractivity contribution in [3.63, 3.8) is 0 Å². The predicted molar refractivity (Wildman–Crippen MR) is 75.1 cm³/mol. The van der Waals surface area contributed by atoms with Crippen molar-refractivity contribution in [2.24, 2.45) is 0 Å². The molecular weight excluding hydrogens is 309 g/mol. The van der Waals surface area contributed by atoms with Crippen molar-refractivity contribution >= 4 is 46.6 Å². The summed E-state index contributed by atoms with van der Waals surface area (Å²) in [5.74, 6) is -1.64. The number of carbonyl (C=O) groups is 2. The van der Waals surface area contributed by atoms with Gasteiger partial charge >= 0.3 is 11.9 Å². The maximum absolute atomic E-state index is 11.9. The third kappa shape index (κ3) is 3.88. The topological polar surface area (TPSA) is 118 Å². The van der Waals surface area contributed by atoms with E-state index >= 15 is 0 Å². The fraction of sp³-hybridized carbons (Fsp3) is 0.364. The molecule has 0 aliphatic rings. The number of esters is 2. The van der Waals surface area contributed by atoms with Crippen LogP contribution in [0.5, 0.6) is 0 Å². The van der Waals surface area contributed by atoms with Crippen LogP contribution in [0.1, 0.15) is 20.7 Å². The van der Waals surface area contributed by atoms with Crippen LogP contribution in [-0.2, 0) is 9.47 Å². The molecule has 0 radical (unpaired) electrons. The summed E-state index contributed by atoms with van der Waals surface area (Å²) in [6.45, 7) is -0.0664. The van der Waals surface area contributed by atoms with Crippen LogP contribution >= 0.6 is 23.2 Å². The molecule has 0 saturated heterocycles. The summed E-state index contributed by atoms with van der Waals surface area (Å²) in [6, 6.07) is 0. The van der Waals surface area contributed by atoms with E-state index in [-0.39, 0.29) is 47.6 Å². The second kappa shape index (κ2) is 7.76. The van der Waals surface area contributed by atoms with Gasteiger partial charge in [0.25, 0.3) is 0 Å². The van der Waals surface area contributed by atoms with Gasteiger partial charge in [-0.15, -0.1) is 23.2 Å². The second-order valence-electron chi connectivity index (χ2n) is 3.50. The zero-order valence-corrected chi connectivity index (χ0v) is 11.9. The van der Waals surface area contributed by atoms with Crippen LogP contribution in [0, 0.1) is 0 Å². The number of ether oxygens (including phenoxy) is 2. The number of carbonyl (C=O) groups excluding carboxylic acids is 2. The highest BCUT2D eigenvalue weighted by atomic mass is 35.5. The Bertz CT molecular complexity index is 466. The maximum atomic E-state index is 11.9. The van der Waals surface area contributed by atoms with Crippen molar-refractivity contribution < 1.29 is 19.1 Å². The van der Waals surface area contributed by atoms with Gasteiger partial charge in [0.05, 0.1) is 23.6 Å². The zero-order chi connectivity index (χ0) is 15.1. The Morgan fingerprint density at radius 3 is 2.05 bits per heavy atom. The standard InChI is InChI=1S/C11H13Cl2N3O4/c12-1-3-19-10(17)7-6(14)5-16-9(15)8(7)11(18)20-4-2-13/h5H,1-4,14H2,(H2,15,16). The van der Waals surface area contributed by atoms with E-state index in [4.69, 9.17) is 44.1 Å². The molecule has 0 atom stereocenters. The Morgan fingerprint density at radius 1 is 1.05 bits per heavy atom. The van der Waals surface area contributed by atoms with Crippen molar-refractivity contribution in [3.05, 3.63) is 17.3 Å². The smallest absolute Gasteiger partial charge is 0.342 e. The summed E-state index contributed by atoms with van der Waals surface area (Å²) >= 11 is 10.8. The zero-order valence-electron chi connectivity index (χ0n) is 10.4. The fourth-order valence-electron chi connectivity index (χ4n) is 1.37. The molecular formula is C11H13Cl2N3O4. The number of alkyl halides is 2. The minimum atomic E-state index is -0.847. The van der Waals surface area contributed by atoms with E-state index in [9.17, 15) is 9.59 Å². The molecule has 0 bridgehead atoms. The number of halogens is 2. The largest absolute Gasteiger partial charge is 0.461 e. The summed E-state index contributed by atoms with van der Waals surface area (Å²) in [5.41, 5.74) is 10.8. The van der Waals surface area contributed by atoms with Crippen LogP contribution < -0.4 is 11.5 Å². The summed E-state index contributed by atoms with van der Waals surface area (Å²) < 4.78 is 9.67. The van der Waals surface area contributed by atoms with Gasteiger partial charge in [-0.05, 0) is 0 Å². The van der Waals surface area contributed by atoms with Gasteiger partial charge in [-0.1, -0.05) is 0 Å². The normalized spacial score (nSPS) is 10.1. The number of hydrogen-bond donors (Lipinski definition) is 2. The van der Waals surface area contributed by atoms with Crippen LogP contribution in [-0.4, -0.2) is 41.9 Å². The van der Waals surface area contributed by atoms with Gasteiger partial charge < -0.3 is 20.9 Å². The fourth-order valence-corrected chi connectivity index (χ4v) is 1.53. The van der Waals surface area contributed by atoms with E-state index in [1.165, 1.54) is 0 Å². The number of nitrogen functional groups attached to an aromatic ring is 2. The first kappa shape index (κ1) is 16.3. The van der Waals surface area contributed by atoms with Crippen LogP contribution in [0.4, 0.5) is 11.5 Å². The van der Waals surface area contributed by atoms with E-state index in [2.05, 4.69) is 4.98 Å². The highest BCUT2D eigenvalue weighted by molar-refractivity contribution is 6.18. The number of rotatable bonds is 6. The Labute approximate surface area is 125 Å². The average Bonchev–Trinajstić information content (AvgIpc) is 2.44. The van der Waals surface area contributed by atoms with E-state index in [0.717, 1.165) is 6.20 Å². The number of aromatic nitrogens is 1. The van der Waals surface area contributed by atoms with Crippen LogP contribution in [0.2, 0.25) is 0 Å². The van der Waals surface area contributed by atoms with Gasteiger partial charge in [0.15, 0.2) is 0 Å². The summed E-state index contributed by atoms with van der Waals surface area (Å²) in [7, 11) is 0. The Balaban J connectivity index is 3.17. The van der Waals surface area contributed by atoms with Crippen molar-refractivity contribution in [2.75, 3.05) is 36.4 Å². The van der Waals surface area contributed by atoms with Gasteiger partial charge in [-0.25, -0.2) is 14.6 Å². The number of pyridine rings is 1. The van der Waals surface area contributed by atoms with Crippen LogP contribution in [0.15, 0.2) is 6.20 Å². The molecule has 7 nitrogen and oxygen atoms in total. The monoisotopic (exact) mass is 321 g/mol. The Morgan fingerprint density at radius 2 is 1.55 bits per heavy atom. The second-order valence-corrected chi connectivity index (χ2v) is 4.25. The van der Waals surface area contributed by atoms with Gasteiger partial charge in [0.1, 0.15) is 30.2 Å². The molecule has 0 spiro atoms. The van der Waals surface area contributed by atoms with Gasteiger partial charge in [-0.3, -0.25) is 0 Å². The van der Waals surface area contributed by atoms with Gasteiger partial charge in [0, 0.05) is 0 Å². The first-order valence-corrected chi connectivity index (χ1v) is 6.60. The third-order valence-corrected chi connectivity index (χ3v) is 2.48. The molecule has 4 N–H and O–H groups in total.